The summed E-state index contributed by atoms with van der Waals surface area (Å²) in [5.41, 5.74) is 6.46. The van der Waals surface area contributed by atoms with Crippen LogP contribution in [-0.2, 0) is 6.54 Å². The predicted octanol–water partition coefficient (Wildman–Crippen LogP) is 1.01. The summed E-state index contributed by atoms with van der Waals surface area (Å²) < 4.78 is 1.69. The van der Waals surface area contributed by atoms with Gasteiger partial charge in [-0.15, -0.1) is 10.2 Å². The Morgan fingerprint density at radius 1 is 1.33 bits per heavy atom. The fourth-order valence-corrected chi connectivity index (χ4v) is 2.67. The van der Waals surface area contributed by atoms with Crippen molar-refractivity contribution in [2.45, 2.75) is 20.4 Å². The van der Waals surface area contributed by atoms with Crippen molar-refractivity contribution in [2.75, 3.05) is 5.73 Å². The maximum Gasteiger partial charge on any atom is 0.307 e. The number of hydrogen-bond acceptors (Lipinski definition) is 6. The first-order valence-corrected chi connectivity index (χ1v) is 5.96. The van der Waals surface area contributed by atoms with E-state index in [0.29, 0.717) is 11.7 Å². The Hall–Kier alpha value is -1.21. The van der Waals surface area contributed by atoms with Gasteiger partial charge in [0.05, 0.1) is 6.54 Å². The second-order valence-corrected chi connectivity index (χ2v) is 5.39. The van der Waals surface area contributed by atoms with Crippen molar-refractivity contribution >= 4 is 27.8 Å². The van der Waals surface area contributed by atoms with Gasteiger partial charge in [-0.05, 0) is 13.8 Å². The Labute approximate surface area is 94.2 Å². The van der Waals surface area contributed by atoms with Gasteiger partial charge in [-0.25, -0.2) is 0 Å². The fraction of sp³-hybridized carbons (Fsp3) is 0.375. The van der Waals surface area contributed by atoms with Crippen LogP contribution in [0.2, 0.25) is 0 Å². The highest BCUT2D eigenvalue weighted by Crippen LogP contribution is 2.15. The number of nitrogens with two attached hydrogens (primary N) is 1. The van der Waals surface area contributed by atoms with Crippen LogP contribution in [-0.4, -0.2) is 14.8 Å². The highest BCUT2D eigenvalue weighted by molar-refractivity contribution is 7.15. The van der Waals surface area contributed by atoms with E-state index in [1.54, 1.807) is 4.57 Å². The van der Waals surface area contributed by atoms with Crippen LogP contribution in [0.15, 0.2) is 4.79 Å². The molecular formula is C8H10N4OS2. The van der Waals surface area contributed by atoms with Gasteiger partial charge in [-0.3, -0.25) is 9.36 Å². The molecule has 0 aliphatic carbocycles. The van der Waals surface area contributed by atoms with Gasteiger partial charge in [0.15, 0.2) is 0 Å². The van der Waals surface area contributed by atoms with E-state index in [1.165, 1.54) is 22.7 Å². The summed E-state index contributed by atoms with van der Waals surface area (Å²) in [5.74, 6) is 0. The summed E-state index contributed by atoms with van der Waals surface area (Å²) in [4.78, 5) is 12.7. The summed E-state index contributed by atoms with van der Waals surface area (Å²) in [6.07, 6.45) is 0. The maximum atomic E-state index is 11.6. The van der Waals surface area contributed by atoms with Gasteiger partial charge in [0.1, 0.15) is 5.01 Å². The van der Waals surface area contributed by atoms with Crippen LogP contribution in [0, 0.1) is 13.8 Å². The summed E-state index contributed by atoms with van der Waals surface area (Å²) in [6.45, 7) is 4.33. The Bertz CT molecular complexity index is 539. The van der Waals surface area contributed by atoms with E-state index in [1.807, 2.05) is 13.8 Å². The molecule has 0 spiro atoms. The molecule has 0 saturated heterocycles. The minimum absolute atomic E-state index is 0.0405. The van der Waals surface area contributed by atoms with E-state index < -0.39 is 0 Å². The van der Waals surface area contributed by atoms with Crippen molar-refractivity contribution in [1.29, 1.82) is 0 Å². The van der Waals surface area contributed by atoms with E-state index in [-0.39, 0.29) is 4.87 Å². The number of aryl methyl sites for hydroxylation is 1. The molecule has 0 bridgehead atoms. The lowest BCUT2D eigenvalue weighted by atomic mass is 10.4. The first kappa shape index (κ1) is 10.3. The molecule has 5 nitrogen and oxygen atoms in total. The molecule has 0 aromatic carbocycles. The van der Waals surface area contributed by atoms with Gasteiger partial charge in [0.25, 0.3) is 0 Å². The molecule has 0 unspecified atom stereocenters. The molecule has 0 aliphatic heterocycles. The minimum Gasteiger partial charge on any atom is -0.374 e. The molecule has 0 atom stereocenters. The first-order valence-electron chi connectivity index (χ1n) is 4.32. The lowest BCUT2D eigenvalue weighted by molar-refractivity contribution is 0.737. The Kier molecular flexibility index (Phi) is 2.57. The zero-order valence-electron chi connectivity index (χ0n) is 8.35. The van der Waals surface area contributed by atoms with E-state index in [4.69, 9.17) is 5.73 Å². The van der Waals surface area contributed by atoms with Crippen molar-refractivity contribution in [3.63, 3.8) is 0 Å². The van der Waals surface area contributed by atoms with Crippen LogP contribution in [0.25, 0.3) is 0 Å². The molecule has 0 fully saturated rings. The molecule has 2 aromatic rings. The zero-order chi connectivity index (χ0) is 11.0. The molecule has 2 rings (SSSR count). The second-order valence-electron chi connectivity index (χ2n) is 3.13. The monoisotopic (exact) mass is 242 g/mol. The van der Waals surface area contributed by atoms with Crippen molar-refractivity contribution < 1.29 is 0 Å². The lowest BCUT2D eigenvalue weighted by Crippen LogP contribution is -2.15. The molecule has 0 amide bonds. The SMILES string of the molecule is Cc1sc(=O)n(Cc2nnc(N)s2)c1C. The molecule has 15 heavy (non-hydrogen) atoms. The van der Waals surface area contributed by atoms with Crippen LogP contribution in [0.3, 0.4) is 0 Å². The van der Waals surface area contributed by atoms with Gasteiger partial charge in [-0.1, -0.05) is 22.7 Å². The number of aromatic nitrogens is 3. The zero-order valence-corrected chi connectivity index (χ0v) is 9.98. The topological polar surface area (TPSA) is 73.8 Å². The highest BCUT2D eigenvalue weighted by Gasteiger charge is 2.10. The lowest BCUT2D eigenvalue weighted by Gasteiger charge is -2.00. The molecule has 7 heteroatoms. The summed E-state index contributed by atoms with van der Waals surface area (Å²) in [7, 11) is 0. The Morgan fingerprint density at radius 2 is 2.07 bits per heavy atom. The molecule has 0 aliphatic rings. The Morgan fingerprint density at radius 3 is 2.53 bits per heavy atom. The van der Waals surface area contributed by atoms with Crippen molar-refractivity contribution in [1.82, 2.24) is 14.8 Å². The third-order valence-electron chi connectivity index (χ3n) is 2.15. The van der Waals surface area contributed by atoms with Gasteiger partial charge in [0, 0.05) is 10.6 Å². The van der Waals surface area contributed by atoms with Crippen LogP contribution in [0.4, 0.5) is 5.13 Å². The number of thiazole rings is 1. The summed E-state index contributed by atoms with van der Waals surface area (Å²) in [6, 6.07) is 0. The second kappa shape index (κ2) is 3.74. The van der Waals surface area contributed by atoms with E-state index in [9.17, 15) is 4.79 Å². The first-order chi connectivity index (χ1) is 7.08. The maximum absolute atomic E-state index is 11.6. The van der Waals surface area contributed by atoms with Gasteiger partial charge >= 0.3 is 4.87 Å². The predicted molar refractivity (Wildman–Crippen MR) is 61.5 cm³/mol. The van der Waals surface area contributed by atoms with Crippen molar-refractivity contribution in [2.24, 2.45) is 0 Å². The molecule has 2 N–H and O–H groups in total. The van der Waals surface area contributed by atoms with Crippen LogP contribution in [0.1, 0.15) is 15.6 Å². The van der Waals surface area contributed by atoms with Gasteiger partial charge in [0.2, 0.25) is 5.13 Å². The standard InChI is InChI=1S/C8H10N4OS2/c1-4-5(2)14-8(13)12(4)3-6-10-11-7(9)15-6/h3H2,1-2H3,(H2,9,11). The largest absolute Gasteiger partial charge is 0.374 e. The molecule has 0 radical (unpaired) electrons. The number of anilines is 1. The molecule has 2 aromatic heterocycles. The fourth-order valence-electron chi connectivity index (χ4n) is 1.24. The molecule has 80 valence electrons. The molecule has 0 saturated carbocycles. The van der Waals surface area contributed by atoms with Crippen LogP contribution >= 0.6 is 22.7 Å². The van der Waals surface area contributed by atoms with E-state index in [2.05, 4.69) is 10.2 Å². The summed E-state index contributed by atoms with van der Waals surface area (Å²) >= 11 is 2.56. The van der Waals surface area contributed by atoms with Gasteiger partial charge in [-0.2, -0.15) is 0 Å². The quantitative estimate of drug-likeness (QED) is 0.853. The number of nitrogen functional groups attached to an aromatic ring is 1. The van der Waals surface area contributed by atoms with E-state index in [0.717, 1.165) is 15.6 Å². The number of nitrogens with zero attached hydrogens (tertiary/aromatic N) is 3. The normalized spacial score (nSPS) is 10.8. The third-order valence-corrected chi connectivity index (χ3v) is 3.88. The van der Waals surface area contributed by atoms with Crippen molar-refractivity contribution in [3.05, 3.63) is 25.2 Å². The van der Waals surface area contributed by atoms with E-state index >= 15 is 0 Å². The number of hydrogen-bond donors (Lipinski definition) is 1. The smallest absolute Gasteiger partial charge is 0.307 e. The number of rotatable bonds is 2. The molecule has 2 heterocycles. The Balaban J connectivity index is 2.36. The van der Waals surface area contributed by atoms with Crippen LogP contribution in [0.5, 0.6) is 0 Å². The average molecular weight is 242 g/mol. The van der Waals surface area contributed by atoms with Gasteiger partial charge < -0.3 is 5.73 Å². The van der Waals surface area contributed by atoms with Crippen LogP contribution < -0.4 is 10.6 Å². The average Bonchev–Trinajstić information content (AvgIpc) is 2.67. The summed E-state index contributed by atoms with van der Waals surface area (Å²) in [5, 5.41) is 8.80. The highest BCUT2D eigenvalue weighted by atomic mass is 32.1. The molecular weight excluding hydrogens is 232 g/mol. The third kappa shape index (κ3) is 1.93. The minimum atomic E-state index is 0.0405. The van der Waals surface area contributed by atoms with Crippen molar-refractivity contribution in [3.8, 4) is 0 Å².